The number of aliphatic hydroxyl groups is 1. The van der Waals surface area contributed by atoms with Gasteiger partial charge in [-0.05, 0) is 50.6 Å². The fourth-order valence-corrected chi connectivity index (χ4v) is 4.02. The number of nitrogens with zero attached hydrogens (tertiary/aromatic N) is 2. The van der Waals surface area contributed by atoms with Crippen molar-refractivity contribution in [2.24, 2.45) is 5.92 Å². The van der Waals surface area contributed by atoms with Crippen molar-refractivity contribution in [1.29, 1.82) is 0 Å². The summed E-state index contributed by atoms with van der Waals surface area (Å²) in [6, 6.07) is 3.95. The van der Waals surface area contributed by atoms with Crippen molar-refractivity contribution in [3.05, 3.63) is 30.1 Å². The van der Waals surface area contributed by atoms with Gasteiger partial charge in [0.25, 0.3) is 0 Å². The van der Waals surface area contributed by atoms with Gasteiger partial charge in [0.1, 0.15) is 0 Å². The van der Waals surface area contributed by atoms with E-state index in [1.165, 1.54) is 38.6 Å². The third-order valence-electron chi connectivity index (χ3n) is 5.35. The molecule has 1 saturated carbocycles. The van der Waals surface area contributed by atoms with Gasteiger partial charge in [-0.2, -0.15) is 0 Å². The fourth-order valence-electron chi connectivity index (χ4n) is 4.02. The first-order valence-electron chi connectivity index (χ1n) is 8.61. The van der Waals surface area contributed by atoms with E-state index in [9.17, 15) is 5.11 Å². The minimum Gasteiger partial charge on any atom is -0.385 e. The zero-order valence-corrected chi connectivity index (χ0v) is 13.0. The topological polar surface area (TPSA) is 36.4 Å². The summed E-state index contributed by atoms with van der Waals surface area (Å²) < 4.78 is 0. The predicted octanol–water partition coefficient (Wildman–Crippen LogP) is 3.34. The first-order valence-corrected chi connectivity index (χ1v) is 8.61. The monoisotopic (exact) mass is 288 g/mol. The van der Waals surface area contributed by atoms with Crippen molar-refractivity contribution in [2.75, 3.05) is 19.6 Å². The molecule has 3 nitrogen and oxygen atoms in total. The molecule has 3 rings (SSSR count). The van der Waals surface area contributed by atoms with Crippen LogP contribution in [0.15, 0.2) is 24.5 Å². The van der Waals surface area contributed by atoms with E-state index >= 15 is 0 Å². The van der Waals surface area contributed by atoms with Crippen LogP contribution >= 0.6 is 0 Å². The zero-order valence-electron chi connectivity index (χ0n) is 13.0. The Morgan fingerprint density at radius 2 is 2.00 bits per heavy atom. The fraction of sp³-hybridized carbons (Fsp3) is 0.722. The van der Waals surface area contributed by atoms with E-state index in [-0.39, 0.29) is 0 Å². The Bertz CT molecular complexity index is 430. The summed E-state index contributed by atoms with van der Waals surface area (Å²) in [5, 5.41) is 11.0. The van der Waals surface area contributed by atoms with Gasteiger partial charge in [0.15, 0.2) is 0 Å². The van der Waals surface area contributed by atoms with Gasteiger partial charge < -0.3 is 10.0 Å². The zero-order chi connectivity index (χ0) is 14.5. The second kappa shape index (κ2) is 6.89. The van der Waals surface area contributed by atoms with Gasteiger partial charge in [0.05, 0.1) is 5.60 Å². The average Bonchev–Trinajstić information content (AvgIpc) is 2.72. The van der Waals surface area contributed by atoms with Crippen LogP contribution in [0.4, 0.5) is 0 Å². The van der Waals surface area contributed by atoms with E-state index in [4.69, 9.17) is 0 Å². The number of pyridine rings is 1. The highest BCUT2D eigenvalue weighted by atomic mass is 16.3. The minimum atomic E-state index is -0.671. The molecule has 1 aliphatic carbocycles. The lowest BCUT2D eigenvalue weighted by Crippen LogP contribution is -2.33. The third-order valence-corrected chi connectivity index (χ3v) is 5.35. The van der Waals surface area contributed by atoms with Crippen LogP contribution < -0.4 is 0 Å². The molecule has 0 aromatic carbocycles. The van der Waals surface area contributed by atoms with E-state index in [0.717, 1.165) is 43.8 Å². The summed E-state index contributed by atoms with van der Waals surface area (Å²) in [5.74, 6) is 0.892. The largest absolute Gasteiger partial charge is 0.385 e. The van der Waals surface area contributed by atoms with Crippen molar-refractivity contribution >= 4 is 0 Å². The molecule has 3 heteroatoms. The van der Waals surface area contributed by atoms with Gasteiger partial charge in [0, 0.05) is 31.0 Å². The molecule has 1 saturated heterocycles. The summed E-state index contributed by atoms with van der Waals surface area (Å²) in [4.78, 5) is 6.76. The molecule has 0 amide bonds. The van der Waals surface area contributed by atoms with E-state index in [1.54, 1.807) is 6.20 Å². The maximum absolute atomic E-state index is 11.0. The summed E-state index contributed by atoms with van der Waals surface area (Å²) in [5.41, 5.74) is 0.319. The number of rotatable bonds is 3. The van der Waals surface area contributed by atoms with Crippen LogP contribution in [-0.2, 0) is 5.60 Å². The number of likely N-dealkylation sites (tertiary alicyclic amines) is 1. The van der Waals surface area contributed by atoms with Gasteiger partial charge in [-0.3, -0.25) is 4.98 Å². The molecule has 1 N–H and O–H groups in total. The highest BCUT2D eigenvalue weighted by molar-refractivity contribution is 5.18. The molecular weight excluding hydrogens is 260 g/mol. The van der Waals surface area contributed by atoms with Gasteiger partial charge in [-0.25, -0.2) is 0 Å². The second-order valence-electron chi connectivity index (χ2n) is 6.93. The number of hydrogen-bond donors (Lipinski definition) is 1. The Balaban J connectivity index is 1.58. The van der Waals surface area contributed by atoms with E-state index < -0.39 is 5.60 Å². The van der Waals surface area contributed by atoms with Crippen molar-refractivity contribution in [1.82, 2.24) is 9.88 Å². The first-order chi connectivity index (χ1) is 10.3. The summed E-state index contributed by atoms with van der Waals surface area (Å²) in [7, 11) is 0. The van der Waals surface area contributed by atoms with Crippen LogP contribution in [0, 0.1) is 5.92 Å². The maximum Gasteiger partial charge on any atom is 0.0924 e. The van der Waals surface area contributed by atoms with Crippen molar-refractivity contribution in [3.63, 3.8) is 0 Å². The van der Waals surface area contributed by atoms with E-state index in [0.29, 0.717) is 0 Å². The molecule has 21 heavy (non-hydrogen) atoms. The molecule has 2 heterocycles. The van der Waals surface area contributed by atoms with Gasteiger partial charge in [0.2, 0.25) is 0 Å². The molecule has 1 aromatic rings. The third kappa shape index (κ3) is 3.83. The molecule has 0 spiro atoms. The number of hydrogen-bond acceptors (Lipinski definition) is 3. The molecule has 0 bridgehead atoms. The van der Waals surface area contributed by atoms with Crippen LogP contribution in [0.3, 0.4) is 0 Å². The van der Waals surface area contributed by atoms with E-state index in [2.05, 4.69) is 9.88 Å². The van der Waals surface area contributed by atoms with Gasteiger partial charge in [-0.1, -0.05) is 25.3 Å². The smallest absolute Gasteiger partial charge is 0.0924 e. The molecule has 2 fully saturated rings. The Morgan fingerprint density at radius 3 is 2.76 bits per heavy atom. The van der Waals surface area contributed by atoms with Crippen LogP contribution in [0.5, 0.6) is 0 Å². The van der Waals surface area contributed by atoms with Crippen LogP contribution in [0.25, 0.3) is 0 Å². The van der Waals surface area contributed by atoms with E-state index in [1.807, 2.05) is 18.3 Å². The van der Waals surface area contributed by atoms with Gasteiger partial charge >= 0.3 is 0 Å². The van der Waals surface area contributed by atoms with Crippen LogP contribution in [-0.4, -0.2) is 34.6 Å². The molecular formula is C18H28N2O. The summed E-state index contributed by atoms with van der Waals surface area (Å²) in [6.07, 6.45) is 13.5. The Hall–Kier alpha value is -0.930. The molecule has 1 aromatic heterocycles. The molecule has 116 valence electrons. The quantitative estimate of drug-likeness (QED) is 0.927. The highest BCUT2D eigenvalue weighted by Gasteiger charge is 2.32. The molecule has 2 aliphatic rings. The first kappa shape index (κ1) is 15.0. The predicted molar refractivity (Wildman–Crippen MR) is 85.0 cm³/mol. The Kier molecular flexibility index (Phi) is 4.91. The summed E-state index contributed by atoms with van der Waals surface area (Å²) in [6.45, 7) is 3.39. The Morgan fingerprint density at radius 1 is 1.14 bits per heavy atom. The maximum atomic E-state index is 11.0. The molecule has 1 unspecified atom stereocenters. The lowest BCUT2D eigenvalue weighted by Gasteiger charge is -2.30. The average molecular weight is 288 g/mol. The Labute approximate surface area is 128 Å². The molecule has 0 radical (unpaired) electrons. The highest BCUT2D eigenvalue weighted by Crippen LogP contribution is 2.33. The van der Waals surface area contributed by atoms with Crippen LogP contribution in [0.1, 0.15) is 56.9 Å². The SMILES string of the molecule is OC1(c2cccnc2)CCCN(CC2CCCCC2)CC1. The van der Waals surface area contributed by atoms with Crippen LogP contribution in [0.2, 0.25) is 0 Å². The van der Waals surface area contributed by atoms with Crippen molar-refractivity contribution < 1.29 is 5.11 Å². The van der Waals surface area contributed by atoms with Crippen molar-refractivity contribution in [3.8, 4) is 0 Å². The van der Waals surface area contributed by atoms with Crippen molar-refractivity contribution in [2.45, 2.75) is 57.0 Å². The lowest BCUT2D eigenvalue weighted by atomic mass is 9.88. The normalized spacial score (nSPS) is 29.2. The van der Waals surface area contributed by atoms with Gasteiger partial charge in [-0.15, -0.1) is 0 Å². The molecule has 1 atom stereocenters. The summed E-state index contributed by atoms with van der Waals surface area (Å²) >= 11 is 0. The lowest BCUT2D eigenvalue weighted by molar-refractivity contribution is 0.0203. The number of aromatic nitrogens is 1. The standard InChI is InChI=1S/C18H28N2O/c21-18(17-8-4-11-19-14-17)9-5-12-20(13-10-18)15-16-6-2-1-3-7-16/h4,8,11,14,16,21H,1-3,5-7,9-10,12-13,15H2. The minimum absolute atomic E-state index is 0.671. The molecule has 1 aliphatic heterocycles. The second-order valence-corrected chi connectivity index (χ2v) is 6.93.